The smallest absolute Gasteiger partial charge is 0.303 e. The lowest BCUT2D eigenvalue weighted by Gasteiger charge is -2.32. The Balaban J connectivity index is 1.87. The summed E-state index contributed by atoms with van der Waals surface area (Å²) in [7, 11) is 0. The molecule has 3 nitrogen and oxygen atoms in total. The van der Waals surface area contributed by atoms with Gasteiger partial charge in [-0.1, -0.05) is 20.8 Å². The van der Waals surface area contributed by atoms with E-state index in [9.17, 15) is 4.79 Å². The highest BCUT2D eigenvalue weighted by Gasteiger charge is 2.22. The molecule has 2 heterocycles. The minimum atomic E-state index is -0.666. The molecule has 1 N–H and O–H groups in total. The summed E-state index contributed by atoms with van der Waals surface area (Å²) in [5, 5.41) is 8.81. The molecule has 2 rings (SSSR count). The first-order valence-electron chi connectivity index (χ1n) is 7.88. The lowest BCUT2D eigenvalue weighted by molar-refractivity contribution is -0.137. The first kappa shape index (κ1) is 16.5. The maximum Gasteiger partial charge on any atom is 0.303 e. The summed E-state index contributed by atoms with van der Waals surface area (Å²) in [6, 6.07) is 4.51. The molecule has 118 valence electrons. The molecule has 0 aromatic carbocycles. The number of aliphatic carboxylic acids is 1. The summed E-state index contributed by atoms with van der Waals surface area (Å²) >= 11 is 1.92. The van der Waals surface area contributed by atoms with E-state index in [-0.39, 0.29) is 5.41 Å². The molecule has 0 radical (unpaired) electrons. The highest BCUT2D eigenvalue weighted by Crippen LogP contribution is 2.31. The quantitative estimate of drug-likeness (QED) is 0.889. The summed E-state index contributed by atoms with van der Waals surface area (Å²) in [6.07, 6.45) is 3.51. The topological polar surface area (TPSA) is 40.5 Å². The molecule has 1 saturated heterocycles. The molecule has 1 unspecified atom stereocenters. The summed E-state index contributed by atoms with van der Waals surface area (Å²) in [4.78, 5) is 16.1. The van der Waals surface area contributed by atoms with Crippen molar-refractivity contribution in [1.82, 2.24) is 4.90 Å². The van der Waals surface area contributed by atoms with E-state index in [1.165, 1.54) is 22.6 Å². The zero-order valence-electron chi connectivity index (χ0n) is 13.4. The van der Waals surface area contributed by atoms with Gasteiger partial charge in [0.05, 0.1) is 0 Å². The zero-order chi connectivity index (χ0) is 15.5. The van der Waals surface area contributed by atoms with Crippen LogP contribution in [0.3, 0.4) is 0 Å². The van der Waals surface area contributed by atoms with Crippen LogP contribution in [0.2, 0.25) is 0 Å². The van der Waals surface area contributed by atoms with Gasteiger partial charge in [0.15, 0.2) is 0 Å². The SMILES string of the molecule is CC(C)(C)c1ccc(CN2CCCC(CCC(=O)O)C2)s1. The van der Waals surface area contributed by atoms with Crippen LogP contribution in [0.1, 0.15) is 56.2 Å². The predicted molar refractivity (Wildman–Crippen MR) is 87.9 cm³/mol. The first-order chi connectivity index (χ1) is 9.84. The lowest BCUT2D eigenvalue weighted by atomic mass is 9.93. The predicted octanol–water partition coefficient (Wildman–Crippen LogP) is 4.12. The third-order valence-corrected chi connectivity index (χ3v) is 5.65. The molecule has 1 aliphatic heterocycles. The Bertz CT molecular complexity index is 475. The number of thiophene rings is 1. The molecule has 4 heteroatoms. The van der Waals surface area contributed by atoms with Crippen molar-refractivity contribution in [3.63, 3.8) is 0 Å². The van der Waals surface area contributed by atoms with Gasteiger partial charge < -0.3 is 5.11 Å². The van der Waals surface area contributed by atoms with Gasteiger partial charge in [-0.15, -0.1) is 11.3 Å². The van der Waals surface area contributed by atoms with Crippen molar-refractivity contribution in [3.8, 4) is 0 Å². The average Bonchev–Trinajstić information content (AvgIpc) is 2.85. The van der Waals surface area contributed by atoms with Crippen LogP contribution < -0.4 is 0 Å². The van der Waals surface area contributed by atoms with Crippen LogP contribution in [-0.2, 0) is 16.8 Å². The van der Waals surface area contributed by atoms with Crippen LogP contribution in [0, 0.1) is 5.92 Å². The van der Waals surface area contributed by atoms with E-state index in [2.05, 4.69) is 37.8 Å². The monoisotopic (exact) mass is 309 g/mol. The van der Waals surface area contributed by atoms with E-state index in [1.54, 1.807) is 0 Å². The van der Waals surface area contributed by atoms with Crippen molar-refractivity contribution in [2.24, 2.45) is 5.92 Å². The molecular formula is C17H27NO2S. The van der Waals surface area contributed by atoms with Gasteiger partial charge in [-0.2, -0.15) is 0 Å². The van der Waals surface area contributed by atoms with Crippen LogP contribution >= 0.6 is 11.3 Å². The highest BCUT2D eigenvalue weighted by atomic mass is 32.1. The molecule has 0 saturated carbocycles. The molecule has 1 aromatic rings. The Morgan fingerprint density at radius 2 is 2.19 bits per heavy atom. The third-order valence-electron chi connectivity index (χ3n) is 4.15. The summed E-state index contributed by atoms with van der Waals surface area (Å²) in [5.74, 6) is -0.114. The Labute approximate surface area is 132 Å². The van der Waals surface area contributed by atoms with Gasteiger partial charge in [0.1, 0.15) is 0 Å². The Hall–Kier alpha value is -0.870. The fraction of sp³-hybridized carbons (Fsp3) is 0.706. The van der Waals surface area contributed by atoms with Crippen molar-refractivity contribution >= 4 is 17.3 Å². The second-order valence-corrected chi connectivity index (χ2v) is 8.36. The normalized spacial score (nSPS) is 20.6. The van der Waals surface area contributed by atoms with Gasteiger partial charge in [-0.3, -0.25) is 9.69 Å². The fourth-order valence-corrected chi connectivity index (χ4v) is 4.05. The minimum Gasteiger partial charge on any atom is -0.481 e. The highest BCUT2D eigenvalue weighted by molar-refractivity contribution is 7.12. The number of carboxylic acid groups (broad SMARTS) is 1. The van der Waals surface area contributed by atoms with E-state index in [0.29, 0.717) is 12.3 Å². The van der Waals surface area contributed by atoms with Gasteiger partial charge in [-0.25, -0.2) is 0 Å². The number of carbonyl (C=O) groups is 1. The number of nitrogens with zero attached hydrogens (tertiary/aromatic N) is 1. The van der Waals surface area contributed by atoms with Crippen molar-refractivity contribution in [2.75, 3.05) is 13.1 Å². The van der Waals surface area contributed by atoms with E-state index in [1.807, 2.05) is 11.3 Å². The van der Waals surface area contributed by atoms with Gasteiger partial charge in [0, 0.05) is 29.3 Å². The molecule has 21 heavy (non-hydrogen) atoms. The number of piperidine rings is 1. The summed E-state index contributed by atoms with van der Waals surface area (Å²) < 4.78 is 0. The van der Waals surface area contributed by atoms with Crippen LogP contribution in [0.25, 0.3) is 0 Å². The lowest BCUT2D eigenvalue weighted by Crippen LogP contribution is -2.34. The molecular weight excluding hydrogens is 282 g/mol. The number of carboxylic acids is 1. The van der Waals surface area contributed by atoms with Crippen molar-refractivity contribution < 1.29 is 9.90 Å². The molecule has 1 fully saturated rings. The van der Waals surface area contributed by atoms with Crippen molar-refractivity contribution in [2.45, 2.75) is 58.4 Å². The second-order valence-electron chi connectivity index (χ2n) is 7.19. The molecule has 0 amide bonds. The van der Waals surface area contributed by atoms with Crippen LogP contribution in [-0.4, -0.2) is 29.1 Å². The van der Waals surface area contributed by atoms with Crippen molar-refractivity contribution in [3.05, 3.63) is 21.9 Å². The van der Waals surface area contributed by atoms with E-state index in [4.69, 9.17) is 5.11 Å². The Morgan fingerprint density at radius 3 is 2.81 bits per heavy atom. The largest absolute Gasteiger partial charge is 0.481 e. The molecule has 1 atom stereocenters. The third kappa shape index (κ3) is 5.11. The molecule has 0 spiro atoms. The first-order valence-corrected chi connectivity index (χ1v) is 8.69. The van der Waals surface area contributed by atoms with Gasteiger partial charge >= 0.3 is 5.97 Å². The van der Waals surface area contributed by atoms with Crippen LogP contribution in [0.15, 0.2) is 12.1 Å². The van der Waals surface area contributed by atoms with Crippen LogP contribution in [0.4, 0.5) is 0 Å². The van der Waals surface area contributed by atoms with E-state index in [0.717, 1.165) is 26.1 Å². The molecule has 1 aliphatic rings. The number of hydrogen-bond acceptors (Lipinski definition) is 3. The standard InChI is InChI=1S/C17H27NO2S/c1-17(2,3)15-8-7-14(21-15)12-18-10-4-5-13(11-18)6-9-16(19)20/h7-8,13H,4-6,9-12H2,1-3H3,(H,19,20). The molecule has 0 aliphatic carbocycles. The Kier molecular flexibility index (Phi) is 5.44. The maximum absolute atomic E-state index is 10.7. The van der Waals surface area contributed by atoms with Crippen LogP contribution in [0.5, 0.6) is 0 Å². The number of hydrogen-bond donors (Lipinski definition) is 1. The zero-order valence-corrected chi connectivity index (χ0v) is 14.2. The van der Waals surface area contributed by atoms with E-state index < -0.39 is 5.97 Å². The molecule has 0 bridgehead atoms. The van der Waals surface area contributed by atoms with Gasteiger partial charge in [-0.05, 0) is 49.3 Å². The fourth-order valence-electron chi connectivity index (χ4n) is 2.94. The average molecular weight is 309 g/mol. The number of likely N-dealkylation sites (tertiary alicyclic amines) is 1. The minimum absolute atomic E-state index is 0.231. The van der Waals surface area contributed by atoms with Gasteiger partial charge in [0.25, 0.3) is 0 Å². The van der Waals surface area contributed by atoms with E-state index >= 15 is 0 Å². The molecule has 1 aromatic heterocycles. The van der Waals surface area contributed by atoms with Crippen molar-refractivity contribution in [1.29, 1.82) is 0 Å². The number of rotatable bonds is 5. The second kappa shape index (κ2) is 6.93. The Morgan fingerprint density at radius 1 is 1.43 bits per heavy atom. The summed E-state index contributed by atoms with van der Waals surface area (Å²) in [6.45, 7) is 9.98. The summed E-state index contributed by atoms with van der Waals surface area (Å²) in [5.41, 5.74) is 0.231. The maximum atomic E-state index is 10.7. The van der Waals surface area contributed by atoms with Gasteiger partial charge in [0.2, 0.25) is 0 Å².